The quantitative estimate of drug-likeness (QED) is 0.806. The van der Waals surface area contributed by atoms with Crippen LogP contribution in [0.5, 0.6) is 0 Å². The molecule has 0 N–H and O–H groups in total. The largest absolute Gasteiger partial charge is 0.298 e. The van der Waals surface area contributed by atoms with Gasteiger partial charge in [0.05, 0.1) is 23.4 Å². The van der Waals surface area contributed by atoms with E-state index in [0.717, 1.165) is 24.1 Å². The van der Waals surface area contributed by atoms with Crippen molar-refractivity contribution in [1.29, 1.82) is 10.5 Å². The fourth-order valence-corrected chi connectivity index (χ4v) is 2.92. The predicted octanol–water partition coefficient (Wildman–Crippen LogP) is 4.05. The van der Waals surface area contributed by atoms with E-state index in [9.17, 15) is 10.1 Å². The number of nitriles is 2. The van der Waals surface area contributed by atoms with Crippen LogP contribution in [0.4, 0.5) is 0 Å². The van der Waals surface area contributed by atoms with Crippen LogP contribution in [0.15, 0.2) is 29.6 Å². The number of hydrogen-bond donors (Lipinski definition) is 0. The van der Waals surface area contributed by atoms with Gasteiger partial charge in [0.25, 0.3) is 0 Å². The Hall–Kier alpha value is -2.50. The Kier molecular flexibility index (Phi) is 5.41. The van der Waals surface area contributed by atoms with Gasteiger partial charge in [0.15, 0.2) is 11.7 Å². The summed E-state index contributed by atoms with van der Waals surface area (Å²) in [7, 11) is 0. The maximum absolute atomic E-state index is 12.1. The summed E-state index contributed by atoms with van der Waals surface area (Å²) in [4.78, 5) is 16.5. The number of aromatic nitrogens is 1. The van der Waals surface area contributed by atoms with Crippen molar-refractivity contribution in [3.05, 3.63) is 40.2 Å². The van der Waals surface area contributed by atoms with Crippen LogP contribution in [-0.2, 0) is 4.79 Å². The highest BCUT2D eigenvalue weighted by molar-refractivity contribution is 7.10. The lowest BCUT2D eigenvalue weighted by Gasteiger charge is -2.04. The van der Waals surface area contributed by atoms with Gasteiger partial charge in [-0.25, -0.2) is 4.98 Å². The number of Topliss-reactive ketones (excluding diaryl/α,β-unsaturated/α-hetero) is 1. The molecule has 0 amide bonds. The Balaban J connectivity index is 2.20. The Morgan fingerprint density at radius 2 is 2.05 bits per heavy atom. The van der Waals surface area contributed by atoms with E-state index in [1.54, 1.807) is 12.1 Å². The van der Waals surface area contributed by atoms with Crippen molar-refractivity contribution in [2.45, 2.75) is 32.1 Å². The minimum atomic E-state index is -0.774. The highest BCUT2D eigenvalue weighted by Crippen LogP contribution is 2.28. The second kappa shape index (κ2) is 7.49. The molecular formula is C17H15N3OS. The standard InChI is InChI=1S/C17H15N3OS/c1-2-3-4-16(21)14(10-19)17-20-15(11-22-17)13-7-5-12(9-18)6-8-13/h5-8,11,14H,2-4H2,1H3/t14-/m1/s1. The number of nitrogens with zero attached hydrogens (tertiary/aromatic N) is 3. The van der Waals surface area contributed by atoms with E-state index in [2.05, 4.69) is 17.1 Å². The van der Waals surface area contributed by atoms with Gasteiger partial charge < -0.3 is 0 Å². The number of benzene rings is 1. The fourth-order valence-electron chi connectivity index (χ4n) is 2.03. The molecule has 0 aliphatic heterocycles. The molecule has 0 spiro atoms. The van der Waals surface area contributed by atoms with E-state index >= 15 is 0 Å². The summed E-state index contributed by atoms with van der Waals surface area (Å²) in [5.74, 6) is -0.839. The summed E-state index contributed by atoms with van der Waals surface area (Å²) in [5, 5.41) is 20.4. The van der Waals surface area contributed by atoms with Crippen molar-refractivity contribution < 1.29 is 4.79 Å². The van der Waals surface area contributed by atoms with Crippen LogP contribution >= 0.6 is 11.3 Å². The monoisotopic (exact) mass is 309 g/mol. The van der Waals surface area contributed by atoms with Crippen LogP contribution in [0.3, 0.4) is 0 Å². The van der Waals surface area contributed by atoms with Gasteiger partial charge in [0.2, 0.25) is 0 Å². The van der Waals surface area contributed by atoms with Gasteiger partial charge in [-0.2, -0.15) is 10.5 Å². The molecule has 0 fully saturated rings. The highest BCUT2D eigenvalue weighted by Gasteiger charge is 2.23. The molecule has 0 saturated heterocycles. The summed E-state index contributed by atoms with van der Waals surface area (Å²) in [6.07, 6.45) is 2.14. The normalized spacial score (nSPS) is 11.4. The summed E-state index contributed by atoms with van der Waals surface area (Å²) in [5.41, 5.74) is 2.19. The topological polar surface area (TPSA) is 77.5 Å². The Morgan fingerprint density at radius 1 is 1.32 bits per heavy atom. The molecule has 0 aliphatic rings. The molecule has 1 atom stereocenters. The van der Waals surface area contributed by atoms with Crippen LogP contribution in [0.1, 0.15) is 42.7 Å². The minimum absolute atomic E-state index is 0.0647. The van der Waals surface area contributed by atoms with Crippen molar-refractivity contribution in [2.24, 2.45) is 0 Å². The van der Waals surface area contributed by atoms with Crippen molar-refractivity contribution in [3.63, 3.8) is 0 Å². The molecule has 1 heterocycles. The zero-order valence-corrected chi connectivity index (χ0v) is 13.1. The molecule has 0 saturated carbocycles. The third-order valence-electron chi connectivity index (χ3n) is 3.31. The molecule has 1 aromatic carbocycles. The van der Waals surface area contributed by atoms with Crippen molar-refractivity contribution >= 4 is 17.1 Å². The first-order valence-corrected chi connectivity index (χ1v) is 7.95. The molecule has 110 valence electrons. The number of rotatable bonds is 6. The van der Waals surface area contributed by atoms with Gasteiger partial charge in [-0.15, -0.1) is 11.3 Å². The van der Waals surface area contributed by atoms with Crippen LogP contribution < -0.4 is 0 Å². The molecule has 2 rings (SSSR count). The van der Waals surface area contributed by atoms with Crippen LogP contribution in [-0.4, -0.2) is 10.8 Å². The third-order valence-corrected chi connectivity index (χ3v) is 4.22. The van der Waals surface area contributed by atoms with Gasteiger partial charge in [-0.3, -0.25) is 4.79 Å². The van der Waals surface area contributed by atoms with Crippen LogP contribution in [0.2, 0.25) is 0 Å². The van der Waals surface area contributed by atoms with Gasteiger partial charge in [0, 0.05) is 17.4 Å². The second-order valence-electron chi connectivity index (χ2n) is 4.89. The second-order valence-corrected chi connectivity index (χ2v) is 5.78. The number of ketones is 1. The number of thiazole rings is 1. The molecule has 0 radical (unpaired) electrons. The third kappa shape index (κ3) is 3.58. The number of hydrogen-bond acceptors (Lipinski definition) is 5. The molecular weight excluding hydrogens is 294 g/mol. The summed E-state index contributed by atoms with van der Waals surface area (Å²) < 4.78 is 0. The molecule has 4 nitrogen and oxygen atoms in total. The van der Waals surface area contributed by atoms with E-state index in [1.165, 1.54) is 11.3 Å². The van der Waals surface area contributed by atoms with Crippen molar-refractivity contribution in [3.8, 4) is 23.4 Å². The molecule has 0 bridgehead atoms. The first-order chi connectivity index (χ1) is 10.7. The van der Waals surface area contributed by atoms with Gasteiger partial charge in [0.1, 0.15) is 5.01 Å². The molecule has 2 aromatic rings. The lowest BCUT2D eigenvalue weighted by atomic mass is 10.0. The average molecular weight is 309 g/mol. The number of unbranched alkanes of at least 4 members (excludes halogenated alkanes) is 1. The maximum atomic E-state index is 12.1. The Bertz CT molecular complexity index is 734. The van der Waals surface area contributed by atoms with E-state index < -0.39 is 5.92 Å². The number of carbonyl (C=O) groups excluding carboxylic acids is 1. The molecule has 22 heavy (non-hydrogen) atoms. The fraction of sp³-hybridized carbons (Fsp3) is 0.294. The lowest BCUT2D eigenvalue weighted by Crippen LogP contribution is -2.10. The SMILES string of the molecule is CCCCC(=O)[C@@H](C#N)c1nc(-c2ccc(C#N)cc2)cs1. The summed E-state index contributed by atoms with van der Waals surface area (Å²) in [6, 6.07) is 11.2. The zero-order valence-electron chi connectivity index (χ0n) is 12.2. The summed E-state index contributed by atoms with van der Waals surface area (Å²) in [6.45, 7) is 2.01. The van der Waals surface area contributed by atoms with Crippen molar-refractivity contribution in [1.82, 2.24) is 4.98 Å². The molecule has 1 aromatic heterocycles. The van der Waals surface area contributed by atoms with Gasteiger partial charge >= 0.3 is 0 Å². The minimum Gasteiger partial charge on any atom is -0.298 e. The maximum Gasteiger partial charge on any atom is 0.156 e. The van der Waals surface area contributed by atoms with Crippen LogP contribution in [0.25, 0.3) is 11.3 Å². The number of carbonyl (C=O) groups is 1. The first-order valence-electron chi connectivity index (χ1n) is 7.08. The lowest BCUT2D eigenvalue weighted by molar-refractivity contribution is -0.119. The molecule has 0 aliphatic carbocycles. The zero-order chi connectivity index (χ0) is 15.9. The van der Waals surface area contributed by atoms with Gasteiger partial charge in [-0.05, 0) is 18.6 Å². The highest BCUT2D eigenvalue weighted by atomic mass is 32.1. The Morgan fingerprint density at radius 3 is 2.64 bits per heavy atom. The smallest absolute Gasteiger partial charge is 0.156 e. The first kappa shape index (κ1) is 15.9. The van der Waals surface area contributed by atoms with E-state index in [4.69, 9.17) is 5.26 Å². The predicted molar refractivity (Wildman–Crippen MR) is 85.2 cm³/mol. The van der Waals surface area contributed by atoms with E-state index in [1.807, 2.05) is 24.4 Å². The van der Waals surface area contributed by atoms with Crippen molar-refractivity contribution in [2.75, 3.05) is 0 Å². The Labute approximate surface area is 133 Å². The van der Waals surface area contributed by atoms with Crippen LogP contribution in [0, 0.1) is 22.7 Å². The molecule has 0 unspecified atom stereocenters. The summed E-state index contributed by atoms with van der Waals surface area (Å²) >= 11 is 1.33. The average Bonchev–Trinajstić information content (AvgIpc) is 3.03. The molecule has 5 heteroatoms. The van der Waals surface area contributed by atoms with E-state index in [0.29, 0.717) is 17.0 Å². The van der Waals surface area contributed by atoms with E-state index in [-0.39, 0.29) is 5.78 Å². The van der Waals surface area contributed by atoms with Gasteiger partial charge in [-0.1, -0.05) is 25.5 Å².